The first-order valence-electron chi connectivity index (χ1n) is 7.99. The van der Waals surface area contributed by atoms with Gasteiger partial charge in [0.05, 0.1) is 30.2 Å². The summed E-state index contributed by atoms with van der Waals surface area (Å²) in [5, 5.41) is 8.54. The highest BCUT2D eigenvalue weighted by Gasteiger charge is 2.39. The lowest BCUT2D eigenvalue weighted by Gasteiger charge is -2.31. The van der Waals surface area contributed by atoms with Crippen LogP contribution in [0.25, 0.3) is 0 Å². The minimum Gasteiger partial charge on any atom is -0.345 e. The van der Waals surface area contributed by atoms with E-state index in [1.807, 2.05) is 0 Å². The van der Waals surface area contributed by atoms with E-state index in [9.17, 15) is 22.8 Å². The second kappa shape index (κ2) is 6.58. The molecule has 1 aromatic heterocycles. The monoisotopic (exact) mass is 357 g/mol. The van der Waals surface area contributed by atoms with E-state index in [0.717, 1.165) is 12.8 Å². The van der Waals surface area contributed by atoms with Crippen LogP contribution in [0.15, 0.2) is 12.4 Å². The number of rotatable bonds is 4. The second-order valence-electron chi connectivity index (χ2n) is 6.36. The first-order chi connectivity index (χ1) is 11.7. The maximum Gasteiger partial charge on any atom is 0.419 e. The molecule has 2 amide bonds. The molecule has 0 radical (unpaired) electrons. The zero-order chi connectivity index (χ0) is 18.2. The summed E-state index contributed by atoms with van der Waals surface area (Å²) in [6.07, 6.45) is -1.35. The number of amides is 2. The maximum atomic E-state index is 12.5. The van der Waals surface area contributed by atoms with E-state index in [2.05, 4.69) is 25.9 Å². The molecular formula is C15H18F3N5O2. The number of aromatic nitrogens is 2. The minimum absolute atomic E-state index is 0.00957. The Labute approximate surface area is 141 Å². The summed E-state index contributed by atoms with van der Waals surface area (Å²) in [7, 11) is 0. The molecule has 136 valence electrons. The van der Waals surface area contributed by atoms with E-state index < -0.39 is 29.7 Å². The number of alkyl halides is 3. The molecule has 2 heterocycles. The second-order valence-corrected chi connectivity index (χ2v) is 6.36. The molecule has 3 N–H and O–H groups in total. The van der Waals surface area contributed by atoms with Crippen LogP contribution >= 0.6 is 0 Å². The van der Waals surface area contributed by atoms with Gasteiger partial charge in [0, 0.05) is 12.4 Å². The number of nitrogens with one attached hydrogen (secondary N) is 3. The highest BCUT2D eigenvalue weighted by molar-refractivity contribution is 5.89. The van der Waals surface area contributed by atoms with Crippen molar-refractivity contribution in [2.45, 2.75) is 50.6 Å². The lowest BCUT2D eigenvalue weighted by atomic mass is 10.1. The van der Waals surface area contributed by atoms with Crippen LogP contribution in [0.1, 0.15) is 43.6 Å². The van der Waals surface area contributed by atoms with Crippen molar-refractivity contribution in [3.8, 4) is 0 Å². The van der Waals surface area contributed by atoms with Gasteiger partial charge in [-0.2, -0.15) is 13.2 Å². The molecule has 1 saturated carbocycles. The fraction of sp³-hybridized carbons (Fsp3) is 0.600. The summed E-state index contributed by atoms with van der Waals surface area (Å²) in [6, 6.07) is -1.36. The van der Waals surface area contributed by atoms with Gasteiger partial charge in [-0.15, -0.1) is 0 Å². The summed E-state index contributed by atoms with van der Waals surface area (Å²) in [5.41, 5.74) is -0.951. The van der Waals surface area contributed by atoms with E-state index in [1.54, 1.807) is 6.92 Å². The van der Waals surface area contributed by atoms with Gasteiger partial charge >= 0.3 is 6.18 Å². The van der Waals surface area contributed by atoms with Crippen molar-refractivity contribution in [1.29, 1.82) is 0 Å². The molecule has 1 saturated heterocycles. The van der Waals surface area contributed by atoms with Gasteiger partial charge in [0.2, 0.25) is 11.8 Å². The molecule has 0 aromatic carbocycles. The normalized spacial score (nSPS) is 25.2. The molecular weight excluding hydrogens is 339 g/mol. The van der Waals surface area contributed by atoms with Crippen LogP contribution in [-0.2, 0) is 15.8 Å². The Morgan fingerprint density at radius 3 is 2.52 bits per heavy atom. The van der Waals surface area contributed by atoms with Gasteiger partial charge in [-0.05, 0) is 25.7 Å². The quantitative estimate of drug-likeness (QED) is 0.744. The number of carbonyl (C=O) groups excluding carboxylic acids is 2. The average Bonchev–Trinajstić information content (AvgIpc) is 3.38. The third kappa shape index (κ3) is 4.25. The number of hydrogen-bond acceptors (Lipinski definition) is 5. The minimum atomic E-state index is -4.51. The van der Waals surface area contributed by atoms with E-state index >= 15 is 0 Å². The molecule has 10 heteroatoms. The molecule has 3 unspecified atom stereocenters. The fourth-order valence-electron chi connectivity index (χ4n) is 2.67. The molecule has 1 aromatic rings. The summed E-state index contributed by atoms with van der Waals surface area (Å²) < 4.78 is 37.6. The number of nitrogens with zero attached hydrogens (tertiary/aromatic N) is 2. The van der Waals surface area contributed by atoms with Crippen molar-refractivity contribution in [3.05, 3.63) is 23.8 Å². The summed E-state index contributed by atoms with van der Waals surface area (Å²) in [6.45, 7) is 1.57. The molecule has 0 spiro atoms. The van der Waals surface area contributed by atoms with Gasteiger partial charge in [0.15, 0.2) is 0 Å². The SMILES string of the molecule is CC(NC(=O)C1CC(=O)NC(C2CC2)N1)c1ncc(C(F)(F)F)cn1. The summed E-state index contributed by atoms with van der Waals surface area (Å²) in [4.78, 5) is 31.4. The van der Waals surface area contributed by atoms with Crippen LogP contribution in [0.4, 0.5) is 13.2 Å². The van der Waals surface area contributed by atoms with Crippen molar-refractivity contribution >= 4 is 11.8 Å². The highest BCUT2D eigenvalue weighted by Crippen LogP contribution is 2.32. The predicted molar refractivity (Wildman–Crippen MR) is 79.8 cm³/mol. The van der Waals surface area contributed by atoms with Gasteiger partial charge < -0.3 is 10.6 Å². The van der Waals surface area contributed by atoms with E-state index in [1.165, 1.54) is 0 Å². The molecule has 7 nitrogen and oxygen atoms in total. The van der Waals surface area contributed by atoms with Crippen LogP contribution in [0.5, 0.6) is 0 Å². The first-order valence-corrected chi connectivity index (χ1v) is 7.99. The van der Waals surface area contributed by atoms with Crippen LogP contribution in [0.3, 0.4) is 0 Å². The number of carbonyl (C=O) groups is 2. The van der Waals surface area contributed by atoms with Crippen LogP contribution in [-0.4, -0.2) is 34.0 Å². The predicted octanol–water partition coefficient (Wildman–Crippen LogP) is 0.887. The zero-order valence-corrected chi connectivity index (χ0v) is 13.4. The Kier molecular flexibility index (Phi) is 4.63. The Bertz CT molecular complexity index is 660. The standard InChI is InChI=1S/C15H18F3N5O2/c1-7(12-19-5-9(6-20-12)15(16,17)18)21-14(25)10-4-11(24)23-13(22-10)8-2-3-8/h5-8,10,13,22H,2-4H2,1H3,(H,21,25)(H,23,24). The van der Waals surface area contributed by atoms with Crippen LogP contribution in [0, 0.1) is 5.92 Å². The molecule has 3 rings (SSSR count). The third-order valence-electron chi connectivity index (χ3n) is 4.24. The largest absolute Gasteiger partial charge is 0.419 e. The topological polar surface area (TPSA) is 96.0 Å². The molecule has 2 fully saturated rings. The van der Waals surface area contributed by atoms with Crippen LogP contribution < -0.4 is 16.0 Å². The molecule has 3 atom stereocenters. The van der Waals surface area contributed by atoms with Crippen molar-refractivity contribution in [3.63, 3.8) is 0 Å². The van der Waals surface area contributed by atoms with Gasteiger partial charge in [0.1, 0.15) is 5.82 Å². The Hall–Kier alpha value is -2.23. The summed E-state index contributed by atoms with van der Waals surface area (Å²) in [5.74, 6) is -0.193. The molecule has 1 aliphatic carbocycles. The smallest absolute Gasteiger partial charge is 0.345 e. The van der Waals surface area contributed by atoms with E-state index in [0.29, 0.717) is 18.3 Å². The van der Waals surface area contributed by atoms with E-state index in [4.69, 9.17) is 0 Å². The van der Waals surface area contributed by atoms with Gasteiger partial charge in [-0.25, -0.2) is 9.97 Å². The zero-order valence-electron chi connectivity index (χ0n) is 13.4. The van der Waals surface area contributed by atoms with Crippen LogP contribution in [0.2, 0.25) is 0 Å². The van der Waals surface area contributed by atoms with Crippen molar-refractivity contribution in [1.82, 2.24) is 25.9 Å². The lowest BCUT2D eigenvalue weighted by molar-refractivity contribution is -0.138. The van der Waals surface area contributed by atoms with E-state index in [-0.39, 0.29) is 24.3 Å². The molecule has 0 bridgehead atoms. The van der Waals surface area contributed by atoms with Crippen molar-refractivity contribution < 1.29 is 22.8 Å². The Morgan fingerprint density at radius 1 is 1.32 bits per heavy atom. The number of halogens is 3. The van der Waals surface area contributed by atoms with Gasteiger partial charge in [0.25, 0.3) is 0 Å². The van der Waals surface area contributed by atoms with Gasteiger partial charge in [-0.3, -0.25) is 14.9 Å². The number of hydrogen-bond donors (Lipinski definition) is 3. The maximum absolute atomic E-state index is 12.5. The fourth-order valence-corrected chi connectivity index (χ4v) is 2.67. The third-order valence-corrected chi connectivity index (χ3v) is 4.24. The lowest BCUT2D eigenvalue weighted by Crippen LogP contribution is -2.61. The average molecular weight is 357 g/mol. The molecule has 25 heavy (non-hydrogen) atoms. The van der Waals surface area contributed by atoms with Crippen molar-refractivity contribution in [2.24, 2.45) is 5.92 Å². The first kappa shape index (κ1) is 17.6. The summed E-state index contributed by atoms with van der Waals surface area (Å²) >= 11 is 0. The Morgan fingerprint density at radius 2 is 1.96 bits per heavy atom. The van der Waals surface area contributed by atoms with Crippen molar-refractivity contribution in [2.75, 3.05) is 0 Å². The van der Waals surface area contributed by atoms with Gasteiger partial charge in [-0.1, -0.05) is 0 Å². The Balaban J connectivity index is 1.60. The molecule has 1 aliphatic heterocycles. The molecule has 2 aliphatic rings. The highest BCUT2D eigenvalue weighted by atomic mass is 19.4.